The van der Waals surface area contributed by atoms with Crippen LogP contribution in [-0.4, -0.2) is 51.8 Å². The molecule has 5 nitrogen and oxygen atoms in total. The number of hydrogen-bond acceptors (Lipinski definition) is 3. The second-order valence-electron chi connectivity index (χ2n) is 8.04. The third-order valence-corrected chi connectivity index (χ3v) is 6.24. The standard InChI is InChI=1S/C24H22FN3O2/c1-15-23(29)27-12-4-5-18(27)14-28(15)24(30)20-13-22(16-8-10-17(25)11-9-16)26-21-7-3-2-6-19(20)21/h2-3,6-11,13,15,18H,4-5,12,14H2,1H3/t15-,18+/m1/s1. The Morgan fingerprint density at radius 1 is 1.13 bits per heavy atom. The van der Waals surface area contributed by atoms with Gasteiger partial charge in [0.2, 0.25) is 5.91 Å². The van der Waals surface area contributed by atoms with Gasteiger partial charge in [-0.2, -0.15) is 0 Å². The van der Waals surface area contributed by atoms with Crippen LogP contribution in [0.25, 0.3) is 22.2 Å². The number of aromatic nitrogens is 1. The molecular formula is C24H22FN3O2. The number of amides is 2. The van der Waals surface area contributed by atoms with Crippen molar-refractivity contribution in [1.29, 1.82) is 0 Å². The summed E-state index contributed by atoms with van der Waals surface area (Å²) in [6.07, 6.45) is 1.91. The maximum atomic E-state index is 13.7. The summed E-state index contributed by atoms with van der Waals surface area (Å²) in [6.45, 7) is 3.14. The molecule has 1 aromatic heterocycles. The number of halogens is 1. The number of carbonyl (C=O) groups excluding carboxylic acids is 2. The summed E-state index contributed by atoms with van der Waals surface area (Å²) in [5, 5.41) is 0.752. The highest BCUT2D eigenvalue weighted by atomic mass is 19.1. The fourth-order valence-corrected chi connectivity index (χ4v) is 4.61. The number of piperazine rings is 1. The molecule has 0 bridgehead atoms. The molecule has 2 aromatic carbocycles. The van der Waals surface area contributed by atoms with E-state index in [2.05, 4.69) is 4.98 Å². The first kappa shape index (κ1) is 18.7. The molecule has 2 aliphatic rings. The fourth-order valence-electron chi connectivity index (χ4n) is 4.61. The van der Waals surface area contributed by atoms with Crippen molar-refractivity contribution in [1.82, 2.24) is 14.8 Å². The summed E-state index contributed by atoms with van der Waals surface area (Å²) < 4.78 is 13.4. The Morgan fingerprint density at radius 3 is 2.70 bits per heavy atom. The molecule has 6 heteroatoms. The largest absolute Gasteiger partial charge is 0.336 e. The molecule has 2 atom stereocenters. The van der Waals surface area contributed by atoms with Crippen LogP contribution in [0, 0.1) is 5.82 Å². The van der Waals surface area contributed by atoms with Crippen LogP contribution in [0.2, 0.25) is 0 Å². The van der Waals surface area contributed by atoms with E-state index in [1.807, 2.05) is 29.2 Å². The van der Waals surface area contributed by atoms with Crippen LogP contribution in [0.4, 0.5) is 4.39 Å². The van der Waals surface area contributed by atoms with Crippen LogP contribution in [0.15, 0.2) is 54.6 Å². The van der Waals surface area contributed by atoms with E-state index in [0.717, 1.165) is 30.3 Å². The van der Waals surface area contributed by atoms with E-state index in [1.54, 1.807) is 30.0 Å². The minimum Gasteiger partial charge on any atom is -0.336 e. The van der Waals surface area contributed by atoms with Crippen molar-refractivity contribution in [2.24, 2.45) is 0 Å². The van der Waals surface area contributed by atoms with Crippen molar-refractivity contribution in [3.05, 3.63) is 66.0 Å². The number of rotatable bonds is 2. The zero-order chi connectivity index (χ0) is 20.8. The van der Waals surface area contributed by atoms with Crippen LogP contribution in [0.3, 0.4) is 0 Å². The zero-order valence-corrected chi connectivity index (χ0v) is 16.7. The van der Waals surface area contributed by atoms with Crippen LogP contribution >= 0.6 is 0 Å². The SMILES string of the molecule is C[C@@H]1C(=O)N2CCC[C@H]2CN1C(=O)c1cc(-c2ccc(F)cc2)nc2ccccc12. The molecule has 0 aliphatic carbocycles. The highest BCUT2D eigenvalue weighted by Crippen LogP contribution is 2.30. The Hall–Kier alpha value is -3.28. The molecule has 0 unspecified atom stereocenters. The van der Waals surface area contributed by atoms with E-state index in [9.17, 15) is 14.0 Å². The van der Waals surface area contributed by atoms with Crippen molar-refractivity contribution in [3.8, 4) is 11.3 Å². The summed E-state index contributed by atoms with van der Waals surface area (Å²) in [5.41, 5.74) is 2.56. The van der Waals surface area contributed by atoms with Gasteiger partial charge in [0.25, 0.3) is 5.91 Å². The summed E-state index contributed by atoms with van der Waals surface area (Å²) in [5.74, 6) is -0.462. The summed E-state index contributed by atoms with van der Waals surface area (Å²) in [6, 6.07) is 14.9. The molecule has 0 spiro atoms. The number of nitrogens with zero attached hydrogens (tertiary/aromatic N) is 3. The van der Waals surface area contributed by atoms with E-state index in [4.69, 9.17) is 0 Å². The molecule has 0 N–H and O–H groups in total. The smallest absolute Gasteiger partial charge is 0.255 e. The minimum absolute atomic E-state index is 0.0224. The van der Waals surface area contributed by atoms with Gasteiger partial charge in [-0.3, -0.25) is 9.59 Å². The lowest BCUT2D eigenvalue weighted by Crippen LogP contribution is -2.60. The van der Waals surface area contributed by atoms with Crippen molar-refractivity contribution in [2.45, 2.75) is 31.8 Å². The number of hydrogen-bond donors (Lipinski definition) is 0. The van der Waals surface area contributed by atoms with Gasteiger partial charge in [0.1, 0.15) is 11.9 Å². The van der Waals surface area contributed by atoms with E-state index in [1.165, 1.54) is 12.1 Å². The molecule has 2 amide bonds. The number of benzene rings is 2. The van der Waals surface area contributed by atoms with Crippen LogP contribution in [0.5, 0.6) is 0 Å². The van der Waals surface area contributed by atoms with E-state index in [0.29, 0.717) is 23.3 Å². The highest BCUT2D eigenvalue weighted by Gasteiger charge is 2.42. The average Bonchev–Trinajstić information content (AvgIpc) is 3.24. The molecule has 0 saturated carbocycles. The molecule has 5 rings (SSSR count). The third-order valence-electron chi connectivity index (χ3n) is 6.24. The second-order valence-corrected chi connectivity index (χ2v) is 8.04. The highest BCUT2D eigenvalue weighted by molar-refractivity contribution is 6.08. The molecule has 152 valence electrons. The quantitative estimate of drug-likeness (QED) is 0.653. The second kappa shape index (κ2) is 7.20. The van der Waals surface area contributed by atoms with Gasteiger partial charge < -0.3 is 9.80 Å². The Morgan fingerprint density at radius 2 is 1.90 bits per heavy atom. The van der Waals surface area contributed by atoms with Gasteiger partial charge in [-0.1, -0.05) is 18.2 Å². The van der Waals surface area contributed by atoms with Crippen LogP contribution < -0.4 is 0 Å². The zero-order valence-electron chi connectivity index (χ0n) is 16.7. The summed E-state index contributed by atoms with van der Waals surface area (Å²) in [4.78, 5) is 34.8. The Labute approximate surface area is 174 Å². The number of carbonyl (C=O) groups is 2. The topological polar surface area (TPSA) is 53.5 Å². The predicted molar refractivity (Wildman–Crippen MR) is 112 cm³/mol. The van der Waals surface area contributed by atoms with E-state index in [-0.39, 0.29) is 23.7 Å². The Balaban J connectivity index is 1.59. The van der Waals surface area contributed by atoms with E-state index >= 15 is 0 Å². The van der Waals surface area contributed by atoms with Crippen LogP contribution in [-0.2, 0) is 4.79 Å². The van der Waals surface area contributed by atoms with Crippen molar-refractivity contribution < 1.29 is 14.0 Å². The number of fused-ring (bicyclic) bond motifs is 2. The average molecular weight is 403 g/mol. The van der Waals surface area contributed by atoms with Crippen molar-refractivity contribution in [3.63, 3.8) is 0 Å². The van der Waals surface area contributed by atoms with Gasteiger partial charge in [0, 0.05) is 30.1 Å². The lowest BCUT2D eigenvalue weighted by Gasteiger charge is -2.41. The monoisotopic (exact) mass is 403 g/mol. The Kier molecular flexibility index (Phi) is 4.50. The van der Waals surface area contributed by atoms with Gasteiger partial charge in [-0.25, -0.2) is 9.37 Å². The first-order chi connectivity index (χ1) is 14.5. The first-order valence-corrected chi connectivity index (χ1v) is 10.3. The number of pyridine rings is 1. The minimum atomic E-state index is -0.493. The molecule has 3 aromatic rings. The molecular weight excluding hydrogens is 381 g/mol. The fraction of sp³-hybridized carbons (Fsp3) is 0.292. The molecule has 0 radical (unpaired) electrons. The maximum Gasteiger partial charge on any atom is 0.255 e. The van der Waals surface area contributed by atoms with Gasteiger partial charge in [-0.05, 0) is 56.2 Å². The van der Waals surface area contributed by atoms with Crippen molar-refractivity contribution >= 4 is 22.7 Å². The first-order valence-electron chi connectivity index (χ1n) is 10.3. The lowest BCUT2D eigenvalue weighted by molar-refractivity contribution is -0.141. The molecule has 2 saturated heterocycles. The van der Waals surface area contributed by atoms with Gasteiger partial charge in [0.05, 0.1) is 16.8 Å². The third kappa shape index (κ3) is 3.03. The van der Waals surface area contributed by atoms with Gasteiger partial charge in [0.15, 0.2) is 0 Å². The maximum absolute atomic E-state index is 13.7. The molecule has 30 heavy (non-hydrogen) atoms. The summed E-state index contributed by atoms with van der Waals surface area (Å²) >= 11 is 0. The Bertz CT molecular complexity index is 1140. The lowest BCUT2D eigenvalue weighted by atomic mass is 10.0. The normalized spacial score (nSPS) is 21.2. The van der Waals surface area contributed by atoms with E-state index < -0.39 is 6.04 Å². The van der Waals surface area contributed by atoms with Crippen LogP contribution in [0.1, 0.15) is 30.1 Å². The predicted octanol–water partition coefficient (Wildman–Crippen LogP) is 3.88. The van der Waals surface area contributed by atoms with Gasteiger partial charge in [-0.15, -0.1) is 0 Å². The molecule has 2 aliphatic heterocycles. The van der Waals surface area contributed by atoms with Gasteiger partial charge >= 0.3 is 0 Å². The molecule has 2 fully saturated rings. The summed E-state index contributed by atoms with van der Waals surface area (Å²) in [7, 11) is 0. The number of para-hydroxylation sites is 1. The molecule has 3 heterocycles. The van der Waals surface area contributed by atoms with Crippen molar-refractivity contribution in [2.75, 3.05) is 13.1 Å².